The molecule has 1 heterocycles. The van der Waals surface area contributed by atoms with Gasteiger partial charge in [0.15, 0.2) is 0 Å². The monoisotopic (exact) mass is 243 g/mol. The Morgan fingerprint density at radius 3 is 2.76 bits per heavy atom. The molecule has 4 heteroatoms. The summed E-state index contributed by atoms with van der Waals surface area (Å²) in [6.07, 6.45) is 0. The average molecular weight is 243 g/mol. The first kappa shape index (κ1) is 11.4. The van der Waals surface area contributed by atoms with Gasteiger partial charge in [0, 0.05) is 10.8 Å². The summed E-state index contributed by atoms with van der Waals surface area (Å²) in [5.41, 5.74) is 1.64. The number of thiophene rings is 1. The molecule has 17 heavy (non-hydrogen) atoms. The molecule has 0 bridgehead atoms. The molecule has 0 saturated carbocycles. The van der Waals surface area contributed by atoms with Gasteiger partial charge in [0.1, 0.15) is 12.7 Å². The maximum absolute atomic E-state index is 11.7. The highest BCUT2D eigenvalue weighted by Gasteiger charge is 2.13. The topological polar surface area (TPSA) is 50.1 Å². The van der Waals surface area contributed by atoms with E-state index in [1.165, 1.54) is 11.3 Å². The van der Waals surface area contributed by atoms with Gasteiger partial charge in [-0.05, 0) is 5.56 Å². The van der Waals surface area contributed by atoms with E-state index >= 15 is 0 Å². The zero-order chi connectivity index (χ0) is 12.1. The minimum absolute atomic E-state index is 0.223. The van der Waals surface area contributed by atoms with Crippen LogP contribution in [0.4, 0.5) is 0 Å². The van der Waals surface area contributed by atoms with Crippen molar-refractivity contribution in [2.24, 2.45) is 0 Å². The summed E-state index contributed by atoms with van der Waals surface area (Å²) in [5.74, 6) is -0.452. The number of benzene rings is 1. The molecule has 0 N–H and O–H groups in total. The summed E-state index contributed by atoms with van der Waals surface area (Å²) in [6.45, 7) is 0.223. The van der Waals surface area contributed by atoms with Crippen LogP contribution in [0.1, 0.15) is 21.5 Å². The first-order valence-electron chi connectivity index (χ1n) is 4.98. The van der Waals surface area contributed by atoms with Gasteiger partial charge in [-0.2, -0.15) is 16.6 Å². The van der Waals surface area contributed by atoms with Crippen molar-refractivity contribution in [2.75, 3.05) is 0 Å². The molecule has 0 saturated heterocycles. The van der Waals surface area contributed by atoms with Gasteiger partial charge >= 0.3 is 5.97 Å². The fourth-order valence-electron chi connectivity index (χ4n) is 1.34. The number of ether oxygens (including phenoxy) is 1. The number of carbonyl (C=O) groups is 1. The lowest BCUT2D eigenvalue weighted by Gasteiger charge is -2.03. The Bertz CT molecular complexity index is 554. The van der Waals surface area contributed by atoms with Crippen LogP contribution < -0.4 is 0 Å². The Morgan fingerprint density at radius 1 is 1.29 bits per heavy atom. The van der Waals surface area contributed by atoms with Crippen LogP contribution >= 0.6 is 11.3 Å². The normalized spacial score (nSPS) is 9.59. The summed E-state index contributed by atoms with van der Waals surface area (Å²) >= 11 is 1.32. The summed E-state index contributed by atoms with van der Waals surface area (Å²) in [6, 6.07) is 11.4. The third-order valence-corrected chi connectivity index (χ3v) is 2.96. The van der Waals surface area contributed by atoms with Crippen LogP contribution in [0, 0.1) is 11.3 Å². The molecule has 0 amide bonds. The third kappa shape index (κ3) is 2.71. The second-order valence-electron chi connectivity index (χ2n) is 3.37. The quantitative estimate of drug-likeness (QED) is 0.779. The van der Waals surface area contributed by atoms with Gasteiger partial charge in [-0.15, -0.1) is 0 Å². The van der Waals surface area contributed by atoms with Crippen molar-refractivity contribution in [3.63, 3.8) is 0 Å². The summed E-state index contributed by atoms with van der Waals surface area (Å²) < 4.78 is 5.13. The van der Waals surface area contributed by atoms with Crippen molar-refractivity contribution in [3.8, 4) is 6.07 Å². The van der Waals surface area contributed by atoms with Crippen molar-refractivity contribution >= 4 is 17.3 Å². The van der Waals surface area contributed by atoms with E-state index in [0.717, 1.165) is 5.56 Å². The molecular formula is C13H9NO2S. The fourth-order valence-corrected chi connectivity index (χ4v) is 2.09. The predicted octanol–water partition coefficient (Wildman–Crippen LogP) is 2.98. The number of nitriles is 1. The molecule has 1 aromatic heterocycles. The van der Waals surface area contributed by atoms with E-state index in [9.17, 15) is 4.79 Å². The van der Waals surface area contributed by atoms with E-state index in [1.807, 2.05) is 36.4 Å². The second-order valence-corrected chi connectivity index (χ2v) is 4.12. The minimum Gasteiger partial charge on any atom is -0.457 e. The molecule has 1 aromatic carbocycles. The molecule has 0 radical (unpaired) electrons. The maximum atomic E-state index is 11.7. The van der Waals surface area contributed by atoms with Crippen molar-refractivity contribution < 1.29 is 9.53 Å². The van der Waals surface area contributed by atoms with Crippen molar-refractivity contribution in [1.29, 1.82) is 5.26 Å². The first-order chi connectivity index (χ1) is 8.31. The fraction of sp³-hybridized carbons (Fsp3) is 0.0769. The highest BCUT2D eigenvalue weighted by Crippen LogP contribution is 2.15. The van der Waals surface area contributed by atoms with E-state index in [1.54, 1.807) is 10.8 Å². The van der Waals surface area contributed by atoms with Gasteiger partial charge in [-0.1, -0.05) is 30.3 Å². The van der Waals surface area contributed by atoms with Crippen LogP contribution in [-0.2, 0) is 11.3 Å². The van der Waals surface area contributed by atoms with Gasteiger partial charge in [0.25, 0.3) is 0 Å². The Hall–Kier alpha value is -2.12. The van der Waals surface area contributed by atoms with Gasteiger partial charge in [-0.3, -0.25) is 0 Å². The summed E-state index contributed by atoms with van der Waals surface area (Å²) in [7, 11) is 0. The Kier molecular flexibility index (Phi) is 3.53. The lowest BCUT2D eigenvalue weighted by atomic mass is 10.2. The number of rotatable bonds is 3. The Balaban J connectivity index is 2.02. The van der Waals surface area contributed by atoms with Crippen molar-refractivity contribution in [3.05, 3.63) is 57.8 Å². The molecule has 0 spiro atoms. The molecule has 0 aliphatic heterocycles. The molecule has 0 aliphatic carbocycles. The molecule has 3 nitrogen and oxygen atoms in total. The Labute approximate surface area is 103 Å². The molecule has 0 atom stereocenters. The van der Waals surface area contributed by atoms with Crippen LogP contribution in [0.2, 0.25) is 0 Å². The van der Waals surface area contributed by atoms with E-state index < -0.39 is 5.97 Å². The van der Waals surface area contributed by atoms with Crippen molar-refractivity contribution in [1.82, 2.24) is 0 Å². The zero-order valence-electron chi connectivity index (χ0n) is 8.92. The number of nitrogens with zero attached hydrogens (tertiary/aromatic N) is 1. The molecular weight excluding hydrogens is 234 g/mol. The average Bonchev–Trinajstić information content (AvgIpc) is 2.85. The first-order valence-corrected chi connectivity index (χ1v) is 5.93. The molecule has 84 valence electrons. The molecule has 0 fully saturated rings. The van der Waals surface area contributed by atoms with Gasteiger partial charge in [0.2, 0.25) is 0 Å². The number of carbonyl (C=O) groups excluding carboxylic acids is 1. The smallest absolute Gasteiger partial charge is 0.340 e. The minimum atomic E-state index is -0.452. The lowest BCUT2D eigenvalue weighted by molar-refractivity contribution is 0.0473. The second kappa shape index (κ2) is 5.28. The van der Waals surface area contributed by atoms with E-state index in [-0.39, 0.29) is 6.61 Å². The summed E-state index contributed by atoms with van der Waals surface area (Å²) in [4.78, 5) is 11.7. The standard InChI is InChI=1S/C13H9NO2S/c14-6-11-8-17-9-12(11)13(15)16-7-10-4-2-1-3-5-10/h1-5,8-9H,7H2. The highest BCUT2D eigenvalue weighted by molar-refractivity contribution is 7.08. The molecule has 2 aromatic rings. The van der Waals surface area contributed by atoms with Crippen LogP contribution in [0.3, 0.4) is 0 Å². The van der Waals surface area contributed by atoms with Crippen LogP contribution in [0.5, 0.6) is 0 Å². The predicted molar refractivity (Wildman–Crippen MR) is 64.6 cm³/mol. The third-order valence-electron chi connectivity index (χ3n) is 2.22. The number of esters is 1. The molecule has 0 aliphatic rings. The van der Waals surface area contributed by atoms with Gasteiger partial charge in [0.05, 0.1) is 11.1 Å². The molecule has 2 rings (SSSR count). The van der Waals surface area contributed by atoms with Crippen molar-refractivity contribution in [2.45, 2.75) is 6.61 Å². The maximum Gasteiger partial charge on any atom is 0.340 e. The summed E-state index contributed by atoms with van der Waals surface area (Å²) in [5, 5.41) is 12.1. The van der Waals surface area contributed by atoms with Crippen LogP contribution in [0.25, 0.3) is 0 Å². The van der Waals surface area contributed by atoms with E-state index in [4.69, 9.17) is 10.00 Å². The largest absolute Gasteiger partial charge is 0.457 e. The molecule has 0 unspecified atom stereocenters. The Morgan fingerprint density at radius 2 is 2.06 bits per heavy atom. The van der Waals surface area contributed by atoms with E-state index in [0.29, 0.717) is 11.1 Å². The van der Waals surface area contributed by atoms with Crippen LogP contribution in [-0.4, -0.2) is 5.97 Å². The lowest BCUT2D eigenvalue weighted by Crippen LogP contribution is -2.05. The van der Waals surface area contributed by atoms with Gasteiger partial charge < -0.3 is 4.74 Å². The number of hydrogen-bond donors (Lipinski definition) is 0. The van der Waals surface area contributed by atoms with E-state index in [2.05, 4.69) is 0 Å². The zero-order valence-corrected chi connectivity index (χ0v) is 9.74. The van der Waals surface area contributed by atoms with Crippen LogP contribution in [0.15, 0.2) is 41.1 Å². The highest BCUT2D eigenvalue weighted by atomic mass is 32.1. The SMILES string of the molecule is N#Cc1cscc1C(=O)OCc1ccccc1. The van der Waals surface area contributed by atoms with Gasteiger partial charge in [-0.25, -0.2) is 4.79 Å². The number of hydrogen-bond acceptors (Lipinski definition) is 4.